The lowest BCUT2D eigenvalue weighted by Gasteiger charge is -2.27. The Balaban J connectivity index is 0.000000284. The Bertz CT molecular complexity index is 2630. The van der Waals surface area contributed by atoms with Crippen LogP contribution in [0.3, 0.4) is 0 Å². The van der Waals surface area contributed by atoms with Crippen LogP contribution in [0, 0.1) is 10.7 Å². The van der Waals surface area contributed by atoms with Gasteiger partial charge in [0.25, 0.3) is 23.6 Å². The first-order valence-corrected chi connectivity index (χ1v) is 37.0. The molecule has 0 aromatic heterocycles. The van der Waals surface area contributed by atoms with E-state index in [2.05, 4.69) is 154 Å². The van der Waals surface area contributed by atoms with Crippen molar-refractivity contribution >= 4 is 116 Å². The van der Waals surface area contributed by atoms with Gasteiger partial charge in [0.2, 0.25) is 0 Å². The second kappa shape index (κ2) is 43.9. The molecule has 0 atom stereocenters. The van der Waals surface area contributed by atoms with Gasteiger partial charge in [-0.25, -0.2) is 0 Å². The normalized spacial score (nSPS) is 16.6. The summed E-state index contributed by atoms with van der Waals surface area (Å²) in [5.74, 6) is 18.1. The van der Waals surface area contributed by atoms with Gasteiger partial charge in [0.1, 0.15) is 5.40 Å². The lowest BCUT2D eigenvalue weighted by atomic mass is 9.87. The van der Waals surface area contributed by atoms with Crippen LogP contribution >= 0.6 is 87.0 Å². The predicted molar refractivity (Wildman–Crippen MR) is 385 cm³/mol. The number of hydrogen-bond donors (Lipinski definition) is 6. The topological polar surface area (TPSA) is 254 Å². The number of hydrogen-bond acceptors (Lipinski definition) is 18. The molecule has 0 unspecified atom stereocenters. The molecule has 6 aliphatic rings. The molecule has 6 aliphatic heterocycles. The van der Waals surface area contributed by atoms with Crippen molar-refractivity contribution in [2.24, 2.45) is 17.4 Å². The van der Waals surface area contributed by atoms with E-state index in [1.165, 1.54) is 118 Å². The molecule has 88 heavy (non-hydrogen) atoms. The van der Waals surface area contributed by atoms with Crippen molar-refractivity contribution in [2.75, 3.05) is 150 Å². The maximum Gasteiger partial charge on any atom is 0.261 e. The molecule has 0 radical (unpaired) electrons. The maximum absolute atomic E-state index is 12.2. The zero-order valence-corrected chi connectivity index (χ0v) is 59.0. The number of thioether (sulfide) groups is 5. The van der Waals surface area contributed by atoms with E-state index in [-0.39, 0.29) is 39.9 Å². The fourth-order valence-electron chi connectivity index (χ4n) is 9.29. The van der Waals surface area contributed by atoms with E-state index >= 15 is 0 Å². The average molecular weight is 1390 g/mol. The number of benzene rings is 4. The molecule has 0 spiro atoms. The zero-order valence-electron chi connectivity index (χ0n) is 52.5. The number of thiocarbonyl (C=S) groups is 1. The summed E-state index contributed by atoms with van der Waals surface area (Å²) in [7, 11) is 0. The first-order valence-electron chi connectivity index (χ1n) is 29.8. The number of carbonyl (C=O) groups is 4. The van der Waals surface area contributed by atoms with Crippen molar-refractivity contribution in [1.82, 2.24) is 40.4 Å². The number of halogens is 1. The molecule has 486 valence electrons. The monoisotopic (exact) mass is 1380 g/mol. The van der Waals surface area contributed by atoms with E-state index in [0.29, 0.717) is 40.7 Å². The van der Waals surface area contributed by atoms with E-state index in [0.717, 1.165) is 74.7 Å². The third kappa shape index (κ3) is 28.4. The number of nitriles is 1. The van der Waals surface area contributed by atoms with Gasteiger partial charge in [-0.1, -0.05) is 130 Å². The number of rotatable bonds is 14. The van der Waals surface area contributed by atoms with Gasteiger partial charge in [-0.2, -0.15) is 52.3 Å². The van der Waals surface area contributed by atoms with Crippen LogP contribution < -0.4 is 33.4 Å². The molecule has 0 aliphatic carbocycles. The molecule has 4 saturated heterocycles. The van der Waals surface area contributed by atoms with E-state index in [1.807, 2.05) is 47.0 Å². The second-order valence-corrected chi connectivity index (χ2v) is 29.6. The van der Waals surface area contributed by atoms with Crippen molar-refractivity contribution < 1.29 is 24.7 Å². The summed E-state index contributed by atoms with van der Waals surface area (Å²) in [5.41, 5.74) is 13.1. The van der Waals surface area contributed by atoms with Crippen molar-refractivity contribution in [2.45, 2.75) is 64.7 Å². The van der Waals surface area contributed by atoms with Crippen LogP contribution in [0.1, 0.15) is 105 Å². The quantitative estimate of drug-likeness (QED) is 0.0175. The third-order valence-electron chi connectivity index (χ3n) is 14.4. The molecule has 4 aromatic carbocycles. The lowest BCUT2D eigenvalue weighted by Crippen LogP contribution is -2.42. The summed E-state index contributed by atoms with van der Waals surface area (Å²) >= 11 is 17.9. The Kier molecular flexibility index (Phi) is 39.2. The number of imide groups is 2. The summed E-state index contributed by atoms with van der Waals surface area (Å²) in [6.45, 7) is 29.1. The summed E-state index contributed by atoms with van der Waals surface area (Å²) in [5, 5.41) is 21.7. The fraction of sp³-hybridized carbons (Fsp3) is 0.531. The molecule has 4 aromatic rings. The smallest absolute Gasteiger partial charge is 0.261 e. The van der Waals surface area contributed by atoms with Crippen LogP contribution in [0.2, 0.25) is 0 Å². The maximum atomic E-state index is 12.2. The van der Waals surface area contributed by atoms with Crippen LogP contribution in [0.5, 0.6) is 0 Å². The number of alkyl halides is 1. The Morgan fingerprint density at radius 1 is 0.568 bits per heavy atom. The lowest BCUT2D eigenvalue weighted by molar-refractivity contribution is 0.0631. The van der Waals surface area contributed by atoms with Crippen molar-refractivity contribution in [3.05, 3.63) is 142 Å². The molecule has 11 N–H and O–H groups in total. The number of fused-ring (bicyclic) bond motifs is 2. The van der Waals surface area contributed by atoms with Crippen molar-refractivity contribution in [3.63, 3.8) is 0 Å². The molecule has 0 saturated carbocycles. The minimum absolute atomic E-state index is 0. The first kappa shape index (κ1) is 78.5. The molecule has 0 bridgehead atoms. The highest BCUT2D eigenvalue weighted by atomic mass is 79.9. The number of thiocyanates is 1. The van der Waals surface area contributed by atoms with Gasteiger partial charge < -0.3 is 32.1 Å². The van der Waals surface area contributed by atoms with E-state index in [4.69, 9.17) is 23.2 Å². The SMILES string of the molecule is C1CSCCN1.CC(C)(C)c1ccc(CNC(=S)NCCN2CCSCC2)cc1.CC(C)(C)c1ccc(CSC#N)cc1.NCCN1CCSCC1.NN.O.O=C1c2ccccc2C(=O)N1CCBr.O=C1c2ccccc2C(=O)N1CCN1CCSCC1. The number of nitrogens with two attached hydrogens (primary N) is 3. The number of nitrogens with zero attached hydrogens (tertiary/aromatic N) is 6. The van der Waals surface area contributed by atoms with Gasteiger partial charge in [-0.3, -0.25) is 50.5 Å². The zero-order chi connectivity index (χ0) is 63.5. The highest BCUT2D eigenvalue weighted by Crippen LogP contribution is 2.26. The van der Waals surface area contributed by atoms with Crippen molar-refractivity contribution in [3.8, 4) is 5.40 Å². The van der Waals surface area contributed by atoms with Gasteiger partial charge >= 0.3 is 0 Å². The summed E-state index contributed by atoms with van der Waals surface area (Å²) < 4.78 is 0. The molecule has 24 heteroatoms. The van der Waals surface area contributed by atoms with Gasteiger partial charge in [0.15, 0.2) is 5.11 Å². The van der Waals surface area contributed by atoms with E-state index in [9.17, 15) is 19.2 Å². The molecule has 17 nitrogen and oxygen atoms in total. The van der Waals surface area contributed by atoms with Gasteiger partial charge in [-0.05, 0) is 81.3 Å². The third-order valence-corrected chi connectivity index (χ3v) is 19.5. The summed E-state index contributed by atoms with van der Waals surface area (Å²) in [6.07, 6.45) is 0. The molecular weight excluding hydrogens is 1290 g/mol. The Hall–Kier alpha value is -3.75. The molecule has 10 rings (SSSR count). The van der Waals surface area contributed by atoms with Crippen LogP contribution in [0.15, 0.2) is 97.1 Å². The summed E-state index contributed by atoms with van der Waals surface area (Å²) in [6, 6.07) is 31.2. The fourth-order valence-corrected chi connectivity index (χ4v) is 14.0. The average Bonchev–Trinajstić information content (AvgIpc) is 2.49. The minimum Gasteiger partial charge on any atom is -0.412 e. The standard InChI is InChI=1S/C18H29N3S2.C14H16N2O2S.C12H15NS.C10H8BrNO2.C6H14N2S.C4H9NS.H4N2.H2O/c1-18(2,3)16-6-4-15(5-7-16)14-20-17(22)19-8-9-21-10-12-23-13-11-21;17-13-11-3-1-2-4-12(11)14(18)16(13)6-5-15-7-9-19-10-8-15;1-12(2,3)11-6-4-10(5-7-11)8-14-9-13;11-5-6-12-9(13)7-3-1-2-4-8(7)10(12)14;7-1-2-8-3-5-9-6-4-8;1-3-6-4-2-5-1;1-2;/h4-7H,8-14H2,1-3H3,(H2,19,20,22);1-4H,5-10H2;4-7H,8H2,1-3H3;1-4H,5-6H2;1-7H2;5H,1-4H2;1-2H2;1H2. The molecule has 4 fully saturated rings. The van der Waals surface area contributed by atoms with E-state index in [1.54, 1.807) is 48.5 Å². The first-order chi connectivity index (χ1) is 41.9. The molecular formula is C64H97BrN12O5S6. The minimum atomic E-state index is -0.190. The van der Waals surface area contributed by atoms with Gasteiger partial charge in [-0.15, -0.1) is 0 Å². The molecule has 4 amide bonds. The largest absolute Gasteiger partial charge is 0.412 e. The van der Waals surface area contributed by atoms with Crippen molar-refractivity contribution in [1.29, 1.82) is 5.26 Å². The Morgan fingerprint density at radius 3 is 1.30 bits per heavy atom. The second-order valence-electron chi connectivity index (χ2n) is 22.7. The highest BCUT2D eigenvalue weighted by molar-refractivity contribution is 9.09. The Labute approximate surface area is 560 Å². The van der Waals surface area contributed by atoms with Gasteiger partial charge in [0.05, 0.1) is 22.3 Å². The highest BCUT2D eigenvalue weighted by Gasteiger charge is 2.36. The number of carbonyl (C=O) groups excluding carboxylic acids is 4. The van der Waals surface area contributed by atoms with Crippen LogP contribution in [0.25, 0.3) is 0 Å². The van der Waals surface area contributed by atoms with Crippen LogP contribution in [-0.2, 0) is 23.1 Å². The van der Waals surface area contributed by atoms with Crippen LogP contribution in [-0.4, -0.2) is 208 Å². The molecule has 6 heterocycles. The summed E-state index contributed by atoms with van der Waals surface area (Å²) in [4.78, 5) is 57.6. The predicted octanol–water partition coefficient (Wildman–Crippen LogP) is 8.02. The number of nitrogens with one attached hydrogen (secondary N) is 3. The van der Waals surface area contributed by atoms with Crippen LogP contribution in [0.4, 0.5) is 0 Å². The number of amides is 4. The van der Waals surface area contributed by atoms with Gasteiger partial charge in [0, 0.05) is 162 Å². The number of hydrazine groups is 1. The Morgan fingerprint density at radius 2 is 0.943 bits per heavy atom. The van der Waals surface area contributed by atoms with E-state index < -0.39 is 0 Å².